The van der Waals surface area contributed by atoms with Crippen molar-refractivity contribution in [3.63, 3.8) is 0 Å². The molecule has 1 saturated heterocycles. The minimum atomic E-state index is -0.433. The number of cyclic esters (lactones) is 1. The zero-order valence-corrected chi connectivity index (χ0v) is 21.2. The van der Waals surface area contributed by atoms with Crippen molar-refractivity contribution in [3.05, 3.63) is 28.3 Å². The first-order valence-corrected chi connectivity index (χ1v) is 12.1. The van der Waals surface area contributed by atoms with Gasteiger partial charge in [0, 0.05) is 31.2 Å². The molecule has 9 nitrogen and oxygen atoms in total. The van der Waals surface area contributed by atoms with Gasteiger partial charge in [-0.2, -0.15) is 0 Å². The molecule has 2 aromatic rings. The standard InChI is InChI=1S/C25H37N5O4/c1-24(2,3)15-30-18-8-7-17(26-21(18)28(6)22(30)32)16-9-10-25(4,5)19(13-16)27-20(31)14-29-11-12-34-23(29)33/h7-8,16,19H,9-15H2,1-6H3,(H,27,31). The maximum Gasteiger partial charge on any atom is 0.410 e. The summed E-state index contributed by atoms with van der Waals surface area (Å²) in [5, 5.41) is 3.17. The topological polar surface area (TPSA) is 98.5 Å². The zero-order chi connectivity index (χ0) is 24.8. The van der Waals surface area contributed by atoms with Crippen LogP contribution in [0.3, 0.4) is 0 Å². The monoisotopic (exact) mass is 471 g/mol. The van der Waals surface area contributed by atoms with E-state index in [0.717, 1.165) is 30.5 Å². The van der Waals surface area contributed by atoms with Crippen LogP contribution >= 0.6 is 0 Å². The lowest BCUT2D eigenvalue weighted by Gasteiger charge is -2.42. The minimum Gasteiger partial charge on any atom is -0.448 e. The number of carbonyl (C=O) groups is 2. The highest BCUT2D eigenvalue weighted by molar-refractivity contribution is 5.83. The highest BCUT2D eigenvalue weighted by Gasteiger charge is 2.39. The third-order valence-corrected chi connectivity index (χ3v) is 7.17. The number of carbonyl (C=O) groups excluding carboxylic acids is 2. The molecule has 0 spiro atoms. The Kier molecular flexibility index (Phi) is 6.25. The van der Waals surface area contributed by atoms with Crippen molar-refractivity contribution in [1.82, 2.24) is 24.3 Å². The maximum atomic E-state index is 12.9. The summed E-state index contributed by atoms with van der Waals surface area (Å²) in [7, 11) is 1.77. The average molecular weight is 472 g/mol. The minimum absolute atomic E-state index is 0.0176. The average Bonchev–Trinajstić information content (AvgIpc) is 3.24. The Morgan fingerprint density at radius 3 is 2.65 bits per heavy atom. The molecular formula is C25H37N5O4. The van der Waals surface area contributed by atoms with Gasteiger partial charge in [0.25, 0.3) is 0 Å². The number of amides is 2. The molecule has 1 saturated carbocycles. The summed E-state index contributed by atoms with van der Waals surface area (Å²) in [6, 6.07) is 4.00. The van der Waals surface area contributed by atoms with E-state index in [4.69, 9.17) is 9.72 Å². The van der Waals surface area contributed by atoms with E-state index in [9.17, 15) is 14.4 Å². The molecule has 0 aromatic carbocycles. The fraction of sp³-hybridized carbons (Fsp3) is 0.680. The molecule has 9 heteroatoms. The Labute approximate surface area is 200 Å². The third kappa shape index (κ3) is 4.83. The van der Waals surface area contributed by atoms with Crippen molar-refractivity contribution in [2.45, 2.75) is 72.4 Å². The molecule has 3 heterocycles. The largest absolute Gasteiger partial charge is 0.448 e. The first kappa shape index (κ1) is 24.3. The van der Waals surface area contributed by atoms with Crippen LogP contribution in [0.25, 0.3) is 11.2 Å². The normalized spacial score (nSPS) is 22.8. The fourth-order valence-corrected chi connectivity index (χ4v) is 5.09. The number of nitrogens with zero attached hydrogens (tertiary/aromatic N) is 4. The number of hydrogen-bond donors (Lipinski definition) is 1. The second kappa shape index (κ2) is 8.74. The molecule has 0 bridgehead atoms. The van der Waals surface area contributed by atoms with E-state index < -0.39 is 6.09 Å². The Morgan fingerprint density at radius 2 is 2.00 bits per heavy atom. The van der Waals surface area contributed by atoms with Crippen LogP contribution in [0.15, 0.2) is 16.9 Å². The van der Waals surface area contributed by atoms with Crippen molar-refractivity contribution >= 4 is 23.2 Å². The summed E-state index contributed by atoms with van der Waals surface area (Å²) in [6.07, 6.45) is 2.24. The first-order valence-electron chi connectivity index (χ1n) is 12.1. The number of aryl methyl sites for hydroxylation is 1. The smallest absolute Gasteiger partial charge is 0.410 e. The van der Waals surface area contributed by atoms with Crippen LogP contribution in [-0.2, 0) is 23.1 Å². The number of hydrogen-bond acceptors (Lipinski definition) is 5. The van der Waals surface area contributed by atoms with Crippen LogP contribution in [0.5, 0.6) is 0 Å². The summed E-state index contributed by atoms with van der Waals surface area (Å²) in [5.74, 6) is 0.0168. The van der Waals surface area contributed by atoms with Crippen molar-refractivity contribution in [1.29, 1.82) is 0 Å². The van der Waals surface area contributed by atoms with Gasteiger partial charge in [-0.1, -0.05) is 34.6 Å². The quantitative estimate of drug-likeness (QED) is 0.723. The molecule has 2 amide bonds. The van der Waals surface area contributed by atoms with E-state index in [0.29, 0.717) is 25.3 Å². The molecule has 2 fully saturated rings. The Hall–Kier alpha value is -2.84. The summed E-state index contributed by atoms with van der Waals surface area (Å²) < 4.78 is 8.37. The summed E-state index contributed by atoms with van der Waals surface area (Å²) in [6.45, 7) is 12.1. The van der Waals surface area contributed by atoms with Gasteiger partial charge in [0.05, 0.1) is 12.1 Å². The Balaban J connectivity index is 1.54. The first-order chi connectivity index (χ1) is 15.9. The lowest BCUT2D eigenvalue weighted by atomic mass is 9.68. The van der Waals surface area contributed by atoms with Gasteiger partial charge in [-0.15, -0.1) is 0 Å². The predicted octanol–water partition coefficient (Wildman–Crippen LogP) is 3.01. The molecule has 186 valence electrons. The van der Waals surface area contributed by atoms with Crippen LogP contribution < -0.4 is 11.0 Å². The Bertz CT molecular complexity index is 1160. The predicted molar refractivity (Wildman–Crippen MR) is 130 cm³/mol. The summed E-state index contributed by atoms with van der Waals surface area (Å²) >= 11 is 0. The molecule has 2 aromatic heterocycles. The van der Waals surface area contributed by atoms with Crippen molar-refractivity contribution in [3.8, 4) is 0 Å². The van der Waals surface area contributed by atoms with Crippen molar-refractivity contribution < 1.29 is 14.3 Å². The number of rotatable bonds is 5. The van der Waals surface area contributed by atoms with Crippen LogP contribution in [0.4, 0.5) is 4.79 Å². The van der Waals surface area contributed by atoms with E-state index in [2.05, 4.69) is 39.9 Å². The molecule has 1 N–H and O–H groups in total. The van der Waals surface area contributed by atoms with Gasteiger partial charge >= 0.3 is 11.8 Å². The van der Waals surface area contributed by atoms with Gasteiger partial charge in [-0.3, -0.25) is 18.8 Å². The molecule has 1 aliphatic carbocycles. The van der Waals surface area contributed by atoms with Crippen LogP contribution in [0.1, 0.15) is 65.5 Å². The highest BCUT2D eigenvalue weighted by Crippen LogP contribution is 2.42. The van der Waals surface area contributed by atoms with Gasteiger partial charge in [0.1, 0.15) is 13.2 Å². The van der Waals surface area contributed by atoms with Crippen LogP contribution in [0.2, 0.25) is 0 Å². The van der Waals surface area contributed by atoms with E-state index in [1.54, 1.807) is 11.6 Å². The fourth-order valence-electron chi connectivity index (χ4n) is 5.09. The molecule has 34 heavy (non-hydrogen) atoms. The van der Waals surface area contributed by atoms with E-state index in [-0.39, 0.29) is 40.9 Å². The lowest BCUT2D eigenvalue weighted by Crippen LogP contribution is -2.51. The molecule has 0 radical (unpaired) electrons. The van der Waals surface area contributed by atoms with Crippen LogP contribution in [-0.4, -0.2) is 56.8 Å². The molecule has 2 unspecified atom stereocenters. The number of pyridine rings is 1. The lowest BCUT2D eigenvalue weighted by molar-refractivity contribution is -0.123. The molecule has 4 rings (SSSR count). The van der Waals surface area contributed by atoms with Gasteiger partial charge in [-0.05, 0) is 42.2 Å². The highest BCUT2D eigenvalue weighted by atomic mass is 16.6. The number of imidazole rings is 1. The molecule has 2 aliphatic rings. The number of aromatic nitrogens is 3. The maximum absolute atomic E-state index is 12.9. The zero-order valence-electron chi connectivity index (χ0n) is 21.2. The number of fused-ring (bicyclic) bond motifs is 1. The van der Waals surface area contributed by atoms with E-state index >= 15 is 0 Å². The second-order valence-electron chi connectivity index (χ2n) is 11.7. The van der Waals surface area contributed by atoms with E-state index in [1.165, 1.54) is 4.90 Å². The van der Waals surface area contributed by atoms with Gasteiger partial charge < -0.3 is 10.1 Å². The van der Waals surface area contributed by atoms with Gasteiger partial charge in [0.15, 0.2) is 5.65 Å². The molecular weight excluding hydrogens is 434 g/mol. The van der Waals surface area contributed by atoms with Crippen LogP contribution in [0, 0.1) is 10.8 Å². The Morgan fingerprint density at radius 1 is 1.26 bits per heavy atom. The van der Waals surface area contributed by atoms with Gasteiger partial charge in [-0.25, -0.2) is 14.6 Å². The summed E-state index contributed by atoms with van der Waals surface area (Å²) in [4.78, 5) is 43.6. The van der Waals surface area contributed by atoms with E-state index in [1.807, 2.05) is 16.7 Å². The summed E-state index contributed by atoms with van der Waals surface area (Å²) in [5.41, 5.74) is 2.36. The molecule has 2 atom stereocenters. The SMILES string of the molecule is Cn1c(=O)n(CC(C)(C)C)c2ccc(C3CCC(C)(C)C(NC(=O)CN4CCOC4=O)C3)nc21. The molecule has 1 aliphatic heterocycles. The number of ether oxygens (including phenoxy) is 1. The van der Waals surface area contributed by atoms with Crippen molar-refractivity contribution in [2.24, 2.45) is 17.9 Å². The van der Waals surface area contributed by atoms with Crippen molar-refractivity contribution in [2.75, 3.05) is 19.7 Å². The third-order valence-electron chi connectivity index (χ3n) is 7.17. The second-order valence-corrected chi connectivity index (χ2v) is 11.7. The number of nitrogens with one attached hydrogen (secondary N) is 1. The van der Waals surface area contributed by atoms with Gasteiger partial charge in [0.2, 0.25) is 5.91 Å².